The third-order valence-corrected chi connectivity index (χ3v) is 2.66. The van der Waals surface area contributed by atoms with Crippen molar-refractivity contribution in [1.29, 1.82) is 0 Å². The molecule has 1 atom stereocenters. The third kappa shape index (κ3) is 4.38. The fourth-order valence-electron chi connectivity index (χ4n) is 1.66. The van der Waals surface area contributed by atoms with Crippen LogP contribution in [0.15, 0.2) is 54.6 Å². The van der Waals surface area contributed by atoms with Gasteiger partial charge in [-0.05, 0) is 43.7 Å². The molecule has 0 saturated carbocycles. The van der Waals surface area contributed by atoms with Crippen LogP contribution in [0.1, 0.15) is 23.6 Å². The standard InChI is InChI=1S/C19H16/c1-16(11-13-18-8-4-3-5-9-18)12-14-19-10-6-7-17(2)15-19/h3-10,15-16H,1-2H3. The van der Waals surface area contributed by atoms with Crippen molar-refractivity contribution in [2.75, 3.05) is 0 Å². The van der Waals surface area contributed by atoms with Gasteiger partial charge in [0, 0.05) is 11.1 Å². The van der Waals surface area contributed by atoms with Crippen molar-refractivity contribution in [2.45, 2.75) is 13.8 Å². The molecule has 2 aromatic carbocycles. The number of hydrogen-bond donors (Lipinski definition) is 0. The lowest BCUT2D eigenvalue weighted by Crippen LogP contribution is -1.85. The molecule has 0 aromatic heterocycles. The predicted molar refractivity (Wildman–Crippen MR) is 80.5 cm³/mol. The molecular formula is C19H16. The average molecular weight is 244 g/mol. The van der Waals surface area contributed by atoms with Crippen LogP contribution >= 0.6 is 0 Å². The van der Waals surface area contributed by atoms with Gasteiger partial charge in [-0.25, -0.2) is 0 Å². The van der Waals surface area contributed by atoms with Crippen LogP contribution in [0.5, 0.6) is 0 Å². The second-order valence-corrected chi connectivity index (χ2v) is 4.50. The molecule has 0 spiro atoms. The molecule has 0 fully saturated rings. The molecule has 2 aromatic rings. The van der Waals surface area contributed by atoms with Crippen LogP contribution in [0.25, 0.3) is 0 Å². The Morgan fingerprint density at radius 1 is 0.789 bits per heavy atom. The SMILES string of the molecule is Cc1cccc(C#CC(C)C#Cc2ccccc2)c1. The Bertz CT molecular complexity index is 658. The number of benzene rings is 2. The van der Waals surface area contributed by atoms with Gasteiger partial charge in [-0.2, -0.15) is 0 Å². The lowest BCUT2D eigenvalue weighted by molar-refractivity contribution is 1.02. The minimum Gasteiger partial charge on any atom is -0.0817 e. The van der Waals surface area contributed by atoms with E-state index in [4.69, 9.17) is 0 Å². The summed E-state index contributed by atoms with van der Waals surface area (Å²) in [5.41, 5.74) is 3.31. The Morgan fingerprint density at radius 3 is 2.11 bits per heavy atom. The highest BCUT2D eigenvalue weighted by atomic mass is 13.9. The van der Waals surface area contributed by atoms with E-state index in [-0.39, 0.29) is 5.92 Å². The van der Waals surface area contributed by atoms with Crippen molar-refractivity contribution in [1.82, 2.24) is 0 Å². The second kappa shape index (κ2) is 6.48. The summed E-state index contributed by atoms with van der Waals surface area (Å²) in [4.78, 5) is 0. The highest BCUT2D eigenvalue weighted by Crippen LogP contribution is 2.02. The minimum absolute atomic E-state index is 0.0701. The molecule has 0 nitrogen and oxygen atoms in total. The summed E-state index contributed by atoms with van der Waals surface area (Å²) < 4.78 is 0. The molecule has 19 heavy (non-hydrogen) atoms. The van der Waals surface area contributed by atoms with Crippen LogP contribution in [0, 0.1) is 36.5 Å². The van der Waals surface area contributed by atoms with Gasteiger partial charge >= 0.3 is 0 Å². The Labute approximate surface area is 115 Å². The van der Waals surface area contributed by atoms with E-state index in [1.165, 1.54) is 5.56 Å². The van der Waals surface area contributed by atoms with Crippen LogP contribution in [-0.4, -0.2) is 0 Å². The van der Waals surface area contributed by atoms with Crippen LogP contribution in [0.3, 0.4) is 0 Å². The number of aryl methyl sites for hydroxylation is 1. The van der Waals surface area contributed by atoms with Crippen molar-refractivity contribution in [3.05, 3.63) is 71.3 Å². The summed E-state index contributed by atoms with van der Waals surface area (Å²) in [7, 11) is 0. The van der Waals surface area contributed by atoms with E-state index in [0.717, 1.165) is 11.1 Å². The van der Waals surface area contributed by atoms with Gasteiger partial charge in [-0.1, -0.05) is 54.0 Å². The summed E-state index contributed by atoms with van der Waals surface area (Å²) in [6.07, 6.45) is 0. The smallest absolute Gasteiger partial charge is 0.0790 e. The molecule has 1 unspecified atom stereocenters. The first-order valence-corrected chi connectivity index (χ1v) is 6.39. The fraction of sp³-hybridized carbons (Fsp3) is 0.158. The molecule has 2 rings (SSSR count). The van der Waals surface area contributed by atoms with E-state index in [1.54, 1.807) is 0 Å². The Morgan fingerprint density at radius 2 is 1.42 bits per heavy atom. The van der Waals surface area contributed by atoms with Gasteiger partial charge in [0.05, 0.1) is 5.92 Å². The van der Waals surface area contributed by atoms with Gasteiger partial charge in [0.1, 0.15) is 0 Å². The first-order chi connectivity index (χ1) is 9.24. The molecule has 0 aliphatic rings. The Balaban J connectivity index is 2.07. The summed E-state index contributed by atoms with van der Waals surface area (Å²) in [5, 5.41) is 0. The summed E-state index contributed by atoms with van der Waals surface area (Å²) >= 11 is 0. The van der Waals surface area contributed by atoms with Crippen LogP contribution in [0.2, 0.25) is 0 Å². The van der Waals surface area contributed by atoms with Gasteiger partial charge in [0.15, 0.2) is 0 Å². The van der Waals surface area contributed by atoms with E-state index < -0.39 is 0 Å². The second-order valence-electron chi connectivity index (χ2n) is 4.50. The Kier molecular flexibility index (Phi) is 4.44. The first kappa shape index (κ1) is 13.0. The zero-order valence-corrected chi connectivity index (χ0v) is 11.3. The quantitative estimate of drug-likeness (QED) is 0.614. The summed E-state index contributed by atoms with van der Waals surface area (Å²) in [6, 6.07) is 18.2. The van der Waals surface area contributed by atoms with Gasteiger partial charge < -0.3 is 0 Å². The van der Waals surface area contributed by atoms with Gasteiger partial charge in [-0.3, -0.25) is 0 Å². The Hall–Kier alpha value is -2.44. The zero-order valence-electron chi connectivity index (χ0n) is 11.3. The maximum absolute atomic E-state index is 3.17. The summed E-state index contributed by atoms with van der Waals surface area (Å²) in [6.45, 7) is 4.10. The fourth-order valence-corrected chi connectivity index (χ4v) is 1.66. The molecule has 0 amide bonds. The molecule has 0 aliphatic carbocycles. The van der Waals surface area contributed by atoms with Crippen molar-refractivity contribution in [3.8, 4) is 23.7 Å². The maximum atomic E-state index is 3.17. The van der Waals surface area contributed by atoms with Gasteiger partial charge in [-0.15, -0.1) is 0 Å². The van der Waals surface area contributed by atoms with E-state index in [0.29, 0.717) is 0 Å². The first-order valence-electron chi connectivity index (χ1n) is 6.39. The maximum Gasteiger partial charge on any atom is 0.0790 e. The lowest BCUT2D eigenvalue weighted by Gasteiger charge is -1.94. The van der Waals surface area contributed by atoms with Crippen molar-refractivity contribution in [3.63, 3.8) is 0 Å². The minimum atomic E-state index is 0.0701. The molecule has 0 radical (unpaired) electrons. The van der Waals surface area contributed by atoms with Crippen molar-refractivity contribution < 1.29 is 0 Å². The summed E-state index contributed by atoms with van der Waals surface area (Å²) in [5.74, 6) is 12.7. The molecule has 0 heteroatoms. The van der Waals surface area contributed by atoms with E-state index in [9.17, 15) is 0 Å². The largest absolute Gasteiger partial charge is 0.0817 e. The molecule has 0 heterocycles. The highest BCUT2D eigenvalue weighted by molar-refractivity contribution is 5.40. The topological polar surface area (TPSA) is 0 Å². The lowest BCUT2D eigenvalue weighted by atomic mass is 10.1. The van der Waals surface area contributed by atoms with Crippen molar-refractivity contribution >= 4 is 0 Å². The molecule has 0 aliphatic heterocycles. The molecular weight excluding hydrogens is 228 g/mol. The van der Waals surface area contributed by atoms with E-state index in [1.807, 2.05) is 49.4 Å². The molecule has 0 N–H and O–H groups in total. The van der Waals surface area contributed by atoms with Crippen LogP contribution in [-0.2, 0) is 0 Å². The molecule has 0 bridgehead atoms. The number of rotatable bonds is 0. The van der Waals surface area contributed by atoms with E-state index >= 15 is 0 Å². The van der Waals surface area contributed by atoms with E-state index in [2.05, 4.69) is 42.7 Å². The average Bonchev–Trinajstić information content (AvgIpc) is 2.44. The third-order valence-electron chi connectivity index (χ3n) is 2.66. The number of hydrogen-bond acceptors (Lipinski definition) is 0. The normalized spacial score (nSPS) is 10.6. The molecule has 0 saturated heterocycles. The molecule has 92 valence electrons. The highest BCUT2D eigenvalue weighted by Gasteiger charge is 1.90. The van der Waals surface area contributed by atoms with Gasteiger partial charge in [0.25, 0.3) is 0 Å². The predicted octanol–water partition coefficient (Wildman–Crippen LogP) is 4.03. The van der Waals surface area contributed by atoms with Crippen molar-refractivity contribution in [2.24, 2.45) is 5.92 Å². The van der Waals surface area contributed by atoms with Crippen LogP contribution < -0.4 is 0 Å². The monoisotopic (exact) mass is 244 g/mol. The zero-order chi connectivity index (χ0) is 13.5. The van der Waals surface area contributed by atoms with Gasteiger partial charge in [0.2, 0.25) is 0 Å². The van der Waals surface area contributed by atoms with Crippen LogP contribution in [0.4, 0.5) is 0 Å².